The Morgan fingerprint density at radius 2 is 1.85 bits per heavy atom. The lowest BCUT2D eigenvalue weighted by atomic mass is 9.76. The molecule has 1 aromatic carbocycles. The highest BCUT2D eigenvalue weighted by molar-refractivity contribution is 6.30. The molecule has 1 aliphatic heterocycles. The summed E-state index contributed by atoms with van der Waals surface area (Å²) in [5.41, 5.74) is 7.98. The van der Waals surface area contributed by atoms with Crippen molar-refractivity contribution < 1.29 is 4.79 Å². The lowest BCUT2D eigenvalue weighted by Gasteiger charge is -2.40. The van der Waals surface area contributed by atoms with E-state index in [1.165, 1.54) is 23.3 Å². The minimum absolute atomic E-state index is 0.0963. The maximum atomic E-state index is 13.1. The SMILES string of the molecule is CN1C(=O)[C@H](c2ccc(C3CC3)cc2)[C@@](C)(c2cc(Cl)ccn2)N=C1N. The summed E-state index contributed by atoms with van der Waals surface area (Å²) in [7, 11) is 1.65. The van der Waals surface area contributed by atoms with Crippen LogP contribution in [0.25, 0.3) is 0 Å². The summed E-state index contributed by atoms with van der Waals surface area (Å²) in [6.45, 7) is 1.89. The van der Waals surface area contributed by atoms with Gasteiger partial charge in [-0.2, -0.15) is 0 Å². The molecule has 2 heterocycles. The van der Waals surface area contributed by atoms with E-state index in [9.17, 15) is 4.79 Å². The van der Waals surface area contributed by atoms with E-state index < -0.39 is 11.5 Å². The zero-order valence-electron chi connectivity index (χ0n) is 14.8. The molecule has 1 aromatic heterocycles. The fraction of sp³-hybridized carbons (Fsp3) is 0.350. The van der Waals surface area contributed by atoms with Gasteiger partial charge in [-0.25, -0.2) is 4.99 Å². The molecule has 0 saturated heterocycles. The van der Waals surface area contributed by atoms with Crippen molar-refractivity contribution in [2.24, 2.45) is 10.7 Å². The number of carbonyl (C=O) groups excluding carboxylic acids is 1. The van der Waals surface area contributed by atoms with Crippen molar-refractivity contribution in [2.45, 2.75) is 37.1 Å². The van der Waals surface area contributed by atoms with Crippen molar-refractivity contribution in [2.75, 3.05) is 7.05 Å². The molecule has 0 radical (unpaired) electrons. The molecule has 5 nitrogen and oxygen atoms in total. The predicted octanol–water partition coefficient (Wildman–Crippen LogP) is 3.40. The first-order chi connectivity index (χ1) is 12.4. The van der Waals surface area contributed by atoms with Gasteiger partial charge in [0.2, 0.25) is 5.91 Å². The molecule has 6 heteroatoms. The highest BCUT2D eigenvalue weighted by Crippen LogP contribution is 2.45. The molecular weight excluding hydrogens is 348 g/mol. The van der Waals surface area contributed by atoms with Crippen LogP contribution >= 0.6 is 11.6 Å². The van der Waals surface area contributed by atoms with E-state index >= 15 is 0 Å². The van der Waals surface area contributed by atoms with Gasteiger partial charge in [0.1, 0.15) is 5.54 Å². The topological polar surface area (TPSA) is 71.6 Å². The molecule has 1 aliphatic carbocycles. The van der Waals surface area contributed by atoms with E-state index in [4.69, 9.17) is 17.3 Å². The maximum absolute atomic E-state index is 13.1. The van der Waals surface area contributed by atoms with Crippen molar-refractivity contribution in [3.63, 3.8) is 0 Å². The number of benzene rings is 1. The first kappa shape index (κ1) is 17.0. The maximum Gasteiger partial charge on any atom is 0.239 e. The number of rotatable bonds is 3. The van der Waals surface area contributed by atoms with Crippen LogP contribution in [-0.4, -0.2) is 28.8 Å². The third-order valence-corrected chi connectivity index (χ3v) is 5.62. The van der Waals surface area contributed by atoms with Crippen molar-refractivity contribution in [1.29, 1.82) is 0 Å². The predicted molar refractivity (Wildman–Crippen MR) is 102 cm³/mol. The van der Waals surface area contributed by atoms with Gasteiger partial charge in [0, 0.05) is 18.3 Å². The second-order valence-electron chi connectivity index (χ2n) is 7.25. The van der Waals surface area contributed by atoms with Crippen LogP contribution in [-0.2, 0) is 10.3 Å². The number of hydrogen-bond donors (Lipinski definition) is 1. The zero-order chi connectivity index (χ0) is 18.5. The number of amides is 1. The molecule has 0 spiro atoms. The summed E-state index contributed by atoms with van der Waals surface area (Å²) in [5, 5.41) is 0.555. The number of halogens is 1. The summed E-state index contributed by atoms with van der Waals surface area (Å²) in [6.07, 6.45) is 4.12. The van der Waals surface area contributed by atoms with Gasteiger partial charge in [-0.05, 0) is 48.9 Å². The molecule has 1 fully saturated rings. The number of aliphatic imine (C=N–C) groups is 1. The highest BCUT2D eigenvalue weighted by Gasteiger charge is 2.48. The lowest BCUT2D eigenvalue weighted by Crippen LogP contribution is -2.52. The smallest absolute Gasteiger partial charge is 0.239 e. The first-order valence-corrected chi connectivity index (χ1v) is 9.13. The number of guanidine groups is 1. The van der Waals surface area contributed by atoms with Crippen molar-refractivity contribution in [1.82, 2.24) is 9.88 Å². The molecule has 1 amide bonds. The number of likely N-dealkylation sites (N-methyl/N-ethyl adjacent to an activating group) is 1. The molecule has 1 saturated carbocycles. The second-order valence-corrected chi connectivity index (χ2v) is 7.68. The van der Waals surface area contributed by atoms with Gasteiger partial charge in [0.15, 0.2) is 5.96 Å². The van der Waals surface area contributed by atoms with Crippen LogP contribution in [0.3, 0.4) is 0 Å². The highest BCUT2D eigenvalue weighted by atomic mass is 35.5. The van der Waals surface area contributed by atoms with Crippen molar-refractivity contribution in [3.8, 4) is 0 Å². The molecule has 26 heavy (non-hydrogen) atoms. The third-order valence-electron chi connectivity index (χ3n) is 5.39. The summed E-state index contributed by atoms with van der Waals surface area (Å²) < 4.78 is 0. The van der Waals surface area contributed by atoms with Gasteiger partial charge in [0.05, 0.1) is 11.6 Å². The summed E-state index contributed by atoms with van der Waals surface area (Å²) in [5.74, 6) is 0.244. The first-order valence-electron chi connectivity index (χ1n) is 8.75. The Bertz CT molecular complexity index is 891. The Kier molecular flexibility index (Phi) is 3.99. The molecule has 4 rings (SSSR count). The molecular formula is C20H21ClN4O. The zero-order valence-corrected chi connectivity index (χ0v) is 15.6. The minimum atomic E-state index is -0.917. The van der Waals surface area contributed by atoms with Crippen LogP contribution < -0.4 is 5.73 Å². The van der Waals surface area contributed by atoms with Gasteiger partial charge in [0.25, 0.3) is 0 Å². The molecule has 2 aliphatic rings. The van der Waals surface area contributed by atoms with Crippen LogP contribution in [0.5, 0.6) is 0 Å². The summed E-state index contributed by atoms with van der Waals surface area (Å²) in [4.78, 5) is 23.7. The van der Waals surface area contributed by atoms with E-state index in [-0.39, 0.29) is 11.9 Å². The van der Waals surface area contributed by atoms with Gasteiger partial charge in [-0.15, -0.1) is 0 Å². The van der Waals surface area contributed by atoms with E-state index in [0.717, 1.165) is 5.56 Å². The monoisotopic (exact) mass is 368 g/mol. The molecule has 0 bridgehead atoms. The van der Waals surface area contributed by atoms with Crippen LogP contribution in [0.4, 0.5) is 0 Å². The van der Waals surface area contributed by atoms with Gasteiger partial charge < -0.3 is 5.73 Å². The molecule has 2 aromatic rings. The summed E-state index contributed by atoms with van der Waals surface area (Å²) in [6, 6.07) is 11.8. The minimum Gasteiger partial charge on any atom is -0.369 e. The lowest BCUT2D eigenvalue weighted by molar-refractivity contribution is -0.130. The Morgan fingerprint density at radius 1 is 1.19 bits per heavy atom. The average molecular weight is 369 g/mol. The molecule has 134 valence electrons. The van der Waals surface area contributed by atoms with Crippen LogP contribution in [0.15, 0.2) is 47.6 Å². The number of aromatic nitrogens is 1. The van der Waals surface area contributed by atoms with Gasteiger partial charge in [-0.1, -0.05) is 35.9 Å². The van der Waals surface area contributed by atoms with Crippen LogP contribution in [0.2, 0.25) is 5.02 Å². The Morgan fingerprint density at radius 3 is 2.46 bits per heavy atom. The number of nitrogens with two attached hydrogens (primary N) is 1. The number of pyridine rings is 1. The van der Waals surface area contributed by atoms with Gasteiger partial charge >= 0.3 is 0 Å². The van der Waals surface area contributed by atoms with E-state index in [1.807, 2.05) is 19.1 Å². The Hall–Kier alpha value is -2.40. The quantitative estimate of drug-likeness (QED) is 0.902. The van der Waals surface area contributed by atoms with E-state index in [0.29, 0.717) is 16.6 Å². The van der Waals surface area contributed by atoms with Crippen molar-refractivity contribution in [3.05, 3.63) is 64.4 Å². The summed E-state index contributed by atoms with van der Waals surface area (Å²) >= 11 is 6.17. The van der Waals surface area contributed by atoms with Gasteiger partial charge in [-0.3, -0.25) is 14.7 Å². The van der Waals surface area contributed by atoms with Crippen LogP contribution in [0, 0.1) is 0 Å². The fourth-order valence-electron chi connectivity index (χ4n) is 3.66. The Labute approximate surface area is 157 Å². The van der Waals surface area contributed by atoms with E-state index in [1.54, 1.807) is 25.4 Å². The largest absolute Gasteiger partial charge is 0.369 e. The van der Waals surface area contributed by atoms with E-state index in [2.05, 4.69) is 22.1 Å². The Balaban J connectivity index is 1.84. The second kappa shape index (κ2) is 6.09. The van der Waals surface area contributed by atoms with Crippen molar-refractivity contribution >= 4 is 23.5 Å². The number of hydrogen-bond acceptors (Lipinski definition) is 4. The molecule has 2 atom stereocenters. The van der Waals surface area contributed by atoms with Crippen LogP contribution in [0.1, 0.15) is 48.4 Å². The molecule has 2 N–H and O–H groups in total. The fourth-order valence-corrected chi connectivity index (χ4v) is 3.82. The normalized spacial score (nSPS) is 26.0. The average Bonchev–Trinajstić information content (AvgIpc) is 3.46. The molecule has 0 unspecified atom stereocenters. The standard InChI is InChI=1S/C20H21ClN4O/c1-20(16-11-15(21)9-10-23-16)17(18(26)25(2)19(22)24-20)14-7-5-13(6-8-14)12-3-4-12/h5-12,17H,3-4H2,1-2H3,(H2,22,24)/t17-,20+/m0/s1. The number of nitrogens with zero attached hydrogens (tertiary/aromatic N) is 3. The number of carbonyl (C=O) groups is 1. The third kappa shape index (κ3) is 2.76.